The molecule has 4 unspecified atom stereocenters. The van der Waals surface area contributed by atoms with E-state index < -0.39 is 0 Å². The summed E-state index contributed by atoms with van der Waals surface area (Å²) in [5.74, 6) is 4.13. The van der Waals surface area contributed by atoms with Crippen molar-refractivity contribution in [3.8, 4) is 0 Å². The molecule has 3 rings (SSSR count). The fourth-order valence-corrected chi connectivity index (χ4v) is 4.15. The van der Waals surface area contributed by atoms with Crippen molar-refractivity contribution < 1.29 is 4.42 Å². The molecule has 0 aromatic carbocycles. The summed E-state index contributed by atoms with van der Waals surface area (Å²) in [4.78, 5) is 0. The van der Waals surface area contributed by atoms with E-state index in [-0.39, 0.29) is 0 Å². The van der Waals surface area contributed by atoms with E-state index in [2.05, 4.69) is 24.4 Å². The minimum absolute atomic E-state index is 0.346. The topological polar surface area (TPSA) is 25.2 Å². The maximum absolute atomic E-state index is 5.73. The predicted octanol–water partition coefficient (Wildman–Crippen LogP) is 4.60. The molecular weight excluding hydrogens is 234 g/mol. The smallest absolute Gasteiger partial charge is 0.120 e. The van der Waals surface area contributed by atoms with E-state index in [4.69, 9.17) is 4.42 Å². The first-order valence-electron chi connectivity index (χ1n) is 8.05. The van der Waals surface area contributed by atoms with E-state index in [9.17, 15) is 0 Å². The van der Waals surface area contributed by atoms with Gasteiger partial charge in [-0.05, 0) is 57.1 Å². The van der Waals surface area contributed by atoms with Crippen LogP contribution in [0.2, 0.25) is 0 Å². The molecule has 0 bridgehead atoms. The van der Waals surface area contributed by atoms with Crippen molar-refractivity contribution in [3.63, 3.8) is 0 Å². The zero-order valence-corrected chi connectivity index (χ0v) is 12.3. The molecule has 2 aliphatic carbocycles. The van der Waals surface area contributed by atoms with E-state index in [0.29, 0.717) is 12.1 Å². The van der Waals surface area contributed by atoms with Crippen LogP contribution in [0.25, 0.3) is 0 Å². The average molecular weight is 261 g/mol. The number of aryl methyl sites for hydroxylation is 1. The molecule has 4 atom stereocenters. The van der Waals surface area contributed by atoms with E-state index >= 15 is 0 Å². The van der Waals surface area contributed by atoms with Crippen LogP contribution >= 0.6 is 0 Å². The van der Waals surface area contributed by atoms with Crippen molar-refractivity contribution >= 4 is 0 Å². The van der Waals surface area contributed by atoms with Crippen LogP contribution < -0.4 is 5.32 Å². The van der Waals surface area contributed by atoms with Crippen molar-refractivity contribution in [3.05, 3.63) is 23.7 Å². The Hall–Kier alpha value is -0.760. The first-order valence-corrected chi connectivity index (χ1v) is 8.05. The lowest BCUT2D eigenvalue weighted by molar-refractivity contribution is 0.138. The van der Waals surface area contributed by atoms with Gasteiger partial charge < -0.3 is 9.73 Å². The first kappa shape index (κ1) is 13.2. The molecule has 2 aliphatic rings. The zero-order valence-electron chi connectivity index (χ0n) is 12.3. The van der Waals surface area contributed by atoms with Gasteiger partial charge in [0.1, 0.15) is 11.5 Å². The van der Waals surface area contributed by atoms with Gasteiger partial charge in [0.25, 0.3) is 0 Å². The van der Waals surface area contributed by atoms with E-state index in [1.165, 1.54) is 44.9 Å². The Kier molecular flexibility index (Phi) is 3.97. The van der Waals surface area contributed by atoms with Gasteiger partial charge in [0.2, 0.25) is 0 Å². The van der Waals surface area contributed by atoms with Gasteiger partial charge in [-0.1, -0.05) is 25.7 Å². The molecule has 2 nitrogen and oxygen atoms in total. The van der Waals surface area contributed by atoms with Crippen LogP contribution in [0.1, 0.15) is 69.4 Å². The third kappa shape index (κ3) is 3.05. The number of rotatable bonds is 3. The lowest BCUT2D eigenvalue weighted by Crippen LogP contribution is -2.39. The van der Waals surface area contributed by atoms with Crippen LogP contribution in [0.3, 0.4) is 0 Å². The van der Waals surface area contributed by atoms with E-state index in [1.54, 1.807) is 0 Å². The Morgan fingerprint density at radius 1 is 1.11 bits per heavy atom. The largest absolute Gasteiger partial charge is 0.465 e. The molecule has 1 N–H and O–H groups in total. The number of fused-ring (bicyclic) bond motifs is 1. The highest BCUT2D eigenvalue weighted by atomic mass is 16.3. The minimum atomic E-state index is 0.346. The quantitative estimate of drug-likeness (QED) is 0.860. The molecule has 2 saturated carbocycles. The van der Waals surface area contributed by atoms with Crippen molar-refractivity contribution in [1.29, 1.82) is 0 Å². The number of nitrogens with one attached hydrogen (secondary N) is 1. The van der Waals surface area contributed by atoms with E-state index in [1.807, 2.05) is 6.92 Å². The summed E-state index contributed by atoms with van der Waals surface area (Å²) in [5.41, 5.74) is 0. The van der Waals surface area contributed by atoms with Crippen molar-refractivity contribution in [2.45, 2.75) is 70.9 Å². The van der Waals surface area contributed by atoms with Gasteiger partial charge >= 0.3 is 0 Å². The standard InChI is InChI=1S/C17H27NO/c1-12-7-10-17(19-12)13(2)18-16-9-8-14-5-3-4-6-15(14)11-16/h7,10,13-16,18H,3-6,8-9,11H2,1-2H3. The number of furan rings is 1. The minimum Gasteiger partial charge on any atom is -0.465 e. The summed E-state index contributed by atoms with van der Waals surface area (Å²) in [7, 11) is 0. The number of hydrogen-bond acceptors (Lipinski definition) is 2. The molecular formula is C17H27NO. The third-order valence-corrected chi connectivity index (χ3v) is 5.21. The van der Waals surface area contributed by atoms with Crippen molar-refractivity contribution in [2.24, 2.45) is 11.8 Å². The Bertz CT molecular complexity index is 411. The zero-order chi connectivity index (χ0) is 13.2. The average Bonchev–Trinajstić information content (AvgIpc) is 2.85. The molecule has 0 saturated heterocycles. The fraction of sp³-hybridized carbons (Fsp3) is 0.765. The van der Waals surface area contributed by atoms with E-state index in [0.717, 1.165) is 23.4 Å². The molecule has 0 amide bonds. The van der Waals surface area contributed by atoms with Crippen LogP contribution in [0.5, 0.6) is 0 Å². The Labute approximate surface area is 117 Å². The SMILES string of the molecule is Cc1ccc(C(C)NC2CCC3CCCCC3C2)o1. The first-order chi connectivity index (χ1) is 9.22. The summed E-state index contributed by atoms with van der Waals surface area (Å²) in [6.45, 7) is 4.24. The summed E-state index contributed by atoms with van der Waals surface area (Å²) in [5, 5.41) is 3.79. The summed E-state index contributed by atoms with van der Waals surface area (Å²) in [6.07, 6.45) is 10.1. The van der Waals surface area contributed by atoms with Crippen LogP contribution in [0, 0.1) is 18.8 Å². The van der Waals surface area contributed by atoms with Gasteiger partial charge in [-0.25, -0.2) is 0 Å². The second-order valence-corrected chi connectivity index (χ2v) is 6.65. The Morgan fingerprint density at radius 3 is 2.63 bits per heavy atom. The molecule has 19 heavy (non-hydrogen) atoms. The van der Waals surface area contributed by atoms with Crippen LogP contribution in [0.15, 0.2) is 16.5 Å². The fourth-order valence-electron chi connectivity index (χ4n) is 4.15. The van der Waals surface area contributed by atoms with Gasteiger partial charge in [-0.2, -0.15) is 0 Å². The predicted molar refractivity (Wildman–Crippen MR) is 78.1 cm³/mol. The molecule has 0 spiro atoms. The van der Waals surface area contributed by atoms with Crippen LogP contribution in [-0.2, 0) is 0 Å². The van der Waals surface area contributed by atoms with Gasteiger partial charge in [-0.3, -0.25) is 0 Å². The summed E-state index contributed by atoms with van der Waals surface area (Å²) < 4.78 is 5.73. The molecule has 106 valence electrons. The highest BCUT2D eigenvalue weighted by Gasteiger charge is 2.32. The van der Waals surface area contributed by atoms with Crippen LogP contribution in [-0.4, -0.2) is 6.04 Å². The Balaban J connectivity index is 1.55. The number of hydrogen-bond donors (Lipinski definition) is 1. The molecule has 0 radical (unpaired) electrons. The molecule has 0 aliphatic heterocycles. The third-order valence-electron chi connectivity index (χ3n) is 5.21. The lowest BCUT2D eigenvalue weighted by Gasteiger charge is -2.40. The second-order valence-electron chi connectivity index (χ2n) is 6.65. The monoisotopic (exact) mass is 261 g/mol. The van der Waals surface area contributed by atoms with Crippen molar-refractivity contribution in [1.82, 2.24) is 5.32 Å². The second kappa shape index (κ2) is 5.70. The molecule has 2 heteroatoms. The summed E-state index contributed by atoms with van der Waals surface area (Å²) >= 11 is 0. The normalized spacial score (nSPS) is 32.8. The van der Waals surface area contributed by atoms with Crippen molar-refractivity contribution in [2.75, 3.05) is 0 Å². The molecule has 2 fully saturated rings. The van der Waals surface area contributed by atoms with Gasteiger partial charge in [0, 0.05) is 6.04 Å². The molecule has 1 heterocycles. The van der Waals surface area contributed by atoms with Gasteiger partial charge in [-0.15, -0.1) is 0 Å². The highest BCUT2D eigenvalue weighted by molar-refractivity contribution is 5.09. The summed E-state index contributed by atoms with van der Waals surface area (Å²) in [6, 6.07) is 5.21. The van der Waals surface area contributed by atoms with Gasteiger partial charge in [0.15, 0.2) is 0 Å². The lowest BCUT2D eigenvalue weighted by atomic mass is 9.69. The highest BCUT2D eigenvalue weighted by Crippen LogP contribution is 2.40. The Morgan fingerprint density at radius 2 is 1.89 bits per heavy atom. The maximum atomic E-state index is 5.73. The molecule has 1 aromatic rings. The molecule has 1 aromatic heterocycles. The van der Waals surface area contributed by atoms with Crippen LogP contribution in [0.4, 0.5) is 0 Å². The maximum Gasteiger partial charge on any atom is 0.120 e. The van der Waals surface area contributed by atoms with Gasteiger partial charge in [0.05, 0.1) is 6.04 Å².